The number of hydrogen-bond donors (Lipinski definition) is 1. The first kappa shape index (κ1) is 24.8. The summed E-state index contributed by atoms with van der Waals surface area (Å²) in [5.74, 6) is -0.0921. The van der Waals surface area contributed by atoms with Crippen molar-refractivity contribution >= 4 is 23.5 Å². The third-order valence-electron chi connectivity index (χ3n) is 6.30. The fourth-order valence-corrected chi connectivity index (χ4v) is 4.86. The highest BCUT2D eigenvalue weighted by Gasteiger charge is 2.35. The Morgan fingerprint density at radius 3 is 2.49 bits per heavy atom. The van der Waals surface area contributed by atoms with Crippen LogP contribution in [0.5, 0.6) is 5.75 Å². The van der Waals surface area contributed by atoms with Gasteiger partial charge in [-0.1, -0.05) is 66.2 Å². The number of nitrogens with zero attached hydrogens (tertiary/aromatic N) is 1. The second-order valence-corrected chi connectivity index (χ2v) is 9.86. The Labute approximate surface area is 211 Å². The summed E-state index contributed by atoms with van der Waals surface area (Å²) in [5, 5.41) is 9.71. The van der Waals surface area contributed by atoms with E-state index in [1.54, 1.807) is 17.0 Å². The molecule has 3 aromatic rings. The summed E-state index contributed by atoms with van der Waals surface area (Å²) in [6, 6.07) is 23.8. The van der Waals surface area contributed by atoms with Crippen molar-refractivity contribution in [1.82, 2.24) is 4.90 Å². The smallest absolute Gasteiger partial charge is 0.305 e. The molecule has 3 aromatic carbocycles. The summed E-state index contributed by atoms with van der Waals surface area (Å²) >= 11 is 6.08. The van der Waals surface area contributed by atoms with Crippen molar-refractivity contribution in [2.45, 2.75) is 51.2 Å². The molecule has 35 heavy (non-hydrogen) atoms. The van der Waals surface area contributed by atoms with E-state index in [0.717, 1.165) is 35.3 Å². The van der Waals surface area contributed by atoms with E-state index < -0.39 is 5.97 Å². The van der Waals surface area contributed by atoms with Gasteiger partial charge in [0, 0.05) is 37.4 Å². The molecule has 0 aromatic heterocycles. The van der Waals surface area contributed by atoms with Gasteiger partial charge in [0.25, 0.3) is 0 Å². The van der Waals surface area contributed by atoms with Crippen LogP contribution in [0.4, 0.5) is 0 Å². The molecule has 1 amide bonds. The molecule has 0 fully saturated rings. The number of carbonyl (C=O) groups excluding carboxylic acids is 1. The Kier molecular flexibility index (Phi) is 7.76. The number of rotatable bonds is 10. The molecule has 0 radical (unpaired) electrons. The minimum Gasteiger partial charge on any atom is -0.487 e. The zero-order valence-corrected chi connectivity index (χ0v) is 20.6. The van der Waals surface area contributed by atoms with E-state index in [1.807, 2.05) is 42.5 Å². The fourth-order valence-electron chi connectivity index (χ4n) is 4.64. The maximum absolute atomic E-state index is 13.0. The van der Waals surface area contributed by atoms with Gasteiger partial charge in [0.15, 0.2) is 0 Å². The van der Waals surface area contributed by atoms with Gasteiger partial charge >= 0.3 is 5.97 Å². The molecular formula is C29H30ClNO4. The molecule has 5 nitrogen and oxygen atoms in total. The number of aliphatic carboxylic acids is 1. The van der Waals surface area contributed by atoms with Gasteiger partial charge in [-0.25, -0.2) is 0 Å². The molecule has 1 atom stereocenters. The monoisotopic (exact) mass is 491 g/mol. The van der Waals surface area contributed by atoms with Crippen LogP contribution in [-0.2, 0) is 35.4 Å². The molecule has 1 heterocycles. The molecule has 1 aliphatic heterocycles. The molecule has 0 unspecified atom stereocenters. The number of hydrogen-bond acceptors (Lipinski definition) is 3. The molecule has 0 saturated heterocycles. The van der Waals surface area contributed by atoms with Gasteiger partial charge in [-0.3, -0.25) is 9.59 Å². The summed E-state index contributed by atoms with van der Waals surface area (Å²) in [6.45, 7) is 2.64. The van der Waals surface area contributed by atoms with Crippen molar-refractivity contribution in [2.75, 3.05) is 6.54 Å². The summed E-state index contributed by atoms with van der Waals surface area (Å²) < 4.78 is 6.31. The zero-order chi connectivity index (χ0) is 24.8. The highest BCUT2D eigenvalue weighted by atomic mass is 35.5. The van der Waals surface area contributed by atoms with Crippen LogP contribution in [0.15, 0.2) is 72.8 Å². The van der Waals surface area contributed by atoms with Crippen molar-refractivity contribution in [3.05, 3.63) is 100 Å². The highest BCUT2D eigenvalue weighted by Crippen LogP contribution is 2.37. The number of ether oxygens (including phenoxy) is 1. The van der Waals surface area contributed by atoms with E-state index in [2.05, 4.69) is 25.1 Å². The minimum atomic E-state index is -0.925. The van der Waals surface area contributed by atoms with E-state index in [-0.39, 0.29) is 24.5 Å². The first-order valence-electron chi connectivity index (χ1n) is 11.9. The highest BCUT2D eigenvalue weighted by molar-refractivity contribution is 6.30. The van der Waals surface area contributed by atoms with Crippen molar-refractivity contribution < 1.29 is 19.4 Å². The Morgan fingerprint density at radius 2 is 1.74 bits per heavy atom. The van der Waals surface area contributed by atoms with E-state index in [1.165, 1.54) is 5.56 Å². The van der Waals surface area contributed by atoms with Crippen LogP contribution in [0.3, 0.4) is 0 Å². The SMILES string of the molecule is C[C@@]1(Cc2ccccc2)Cc2cc(CCC(=O)N(CCC(=O)O)Cc3cccc(Cl)c3)ccc2O1. The van der Waals surface area contributed by atoms with Crippen LogP contribution in [0.25, 0.3) is 0 Å². The standard InChI is InChI=1S/C29H30ClNO4/c1-29(18-22-6-3-2-4-7-22)19-24-16-21(10-12-26(24)35-29)11-13-27(32)31(15-14-28(33)34)20-23-8-5-9-25(30)17-23/h2-10,12,16-17H,11,13-15,18-20H2,1H3,(H,33,34)/t29-/m1/s1. The van der Waals surface area contributed by atoms with Crippen molar-refractivity contribution in [2.24, 2.45) is 0 Å². The molecule has 4 rings (SSSR count). The lowest BCUT2D eigenvalue weighted by atomic mass is 9.91. The third kappa shape index (κ3) is 6.86. The molecule has 0 spiro atoms. The van der Waals surface area contributed by atoms with Crippen molar-refractivity contribution in [3.8, 4) is 5.75 Å². The Hall–Kier alpha value is -3.31. The van der Waals surface area contributed by atoms with Gasteiger partial charge < -0.3 is 14.7 Å². The van der Waals surface area contributed by atoms with Crippen LogP contribution in [0.1, 0.15) is 42.0 Å². The summed E-state index contributed by atoms with van der Waals surface area (Å²) in [7, 11) is 0. The van der Waals surface area contributed by atoms with E-state index >= 15 is 0 Å². The van der Waals surface area contributed by atoms with Crippen LogP contribution < -0.4 is 4.74 Å². The lowest BCUT2D eigenvalue weighted by molar-refractivity contribution is -0.138. The van der Waals surface area contributed by atoms with Gasteiger partial charge in [-0.2, -0.15) is 0 Å². The fraction of sp³-hybridized carbons (Fsp3) is 0.310. The van der Waals surface area contributed by atoms with Crippen LogP contribution in [0, 0.1) is 0 Å². The molecule has 6 heteroatoms. The van der Waals surface area contributed by atoms with Crippen molar-refractivity contribution in [3.63, 3.8) is 0 Å². The third-order valence-corrected chi connectivity index (χ3v) is 6.54. The minimum absolute atomic E-state index is 0.0723. The number of aryl methyl sites for hydroxylation is 1. The van der Waals surface area contributed by atoms with Crippen LogP contribution in [-0.4, -0.2) is 34.0 Å². The molecule has 0 bridgehead atoms. The molecule has 0 aliphatic carbocycles. The Bertz CT molecular complexity index is 1200. The van der Waals surface area contributed by atoms with E-state index in [9.17, 15) is 9.59 Å². The normalized spacial score (nSPS) is 16.4. The zero-order valence-electron chi connectivity index (χ0n) is 19.9. The van der Waals surface area contributed by atoms with Gasteiger partial charge in [0.1, 0.15) is 11.4 Å². The predicted octanol–water partition coefficient (Wildman–Crippen LogP) is 5.71. The summed E-state index contributed by atoms with van der Waals surface area (Å²) in [6.07, 6.45) is 2.45. The van der Waals surface area contributed by atoms with Gasteiger partial charge in [0.05, 0.1) is 6.42 Å². The molecular weight excluding hydrogens is 462 g/mol. The lowest BCUT2D eigenvalue weighted by Crippen LogP contribution is -2.32. The topological polar surface area (TPSA) is 66.8 Å². The Morgan fingerprint density at radius 1 is 0.971 bits per heavy atom. The quantitative estimate of drug-likeness (QED) is 0.394. The number of carboxylic acid groups (broad SMARTS) is 1. The number of benzene rings is 3. The van der Waals surface area contributed by atoms with E-state index in [0.29, 0.717) is 24.4 Å². The second kappa shape index (κ2) is 11.0. The Balaban J connectivity index is 1.38. The van der Waals surface area contributed by atoms with Crippen molar-refractivity contribution in [1.29, 1.82) is 0 Å². The molecule has 1 N–H and O–H groups in total. The summed E-state index contributed by atoms with van der Waals surface area (Å²) in [4.78, 5) is 25.8. The van der Waals surface area contributed by atoms with Crippen LogP contribution >= 0.6 is 11.6 Å². The lowest BCUT2D eigenvalue weighted by Gasteiger charge is -2.24. The average molecular weight is 492 g/mol. The number of carboxylic acids is 1. The first-order chi connectivity index (χ1) is 16.8. The molecule has 1 aliphatic rings. The van der Waals surface area contributed by atoms with Gasteiger partial charge in [-0.05, 0) is 53.8 Å². The summed E-state index contributed by atoms with van der Waals surface area (Å²) in [5.41, 5.74) is 4.07. The number of amides is 1. The maximum Gasteiger partial charge on any atom is 0.305 e. The number of halogens is 1. The average Bonchev–Trinajstić information content (AvgIpc) is 3.15. The van der Waals surface area contributed by atoms with Crippen LogP contribution in [0.2, 0.25) is 5.02 Å². The second-order valence-electron chi connectivity index (χ2n) is 9.42. The van der Waals surface area contributed by atoms with Gasteiger partial charge in [0.2, 0.25) is 5.91 Å². The first-order valence-corrected chi connectivity index (χ1v) is 12.3. The number of carbonyl (C=O) groups is 2. The number of fused-ring (bicyclic) bond motifs is 1. The molecule has 182 valence electrons. The maximum atomic E-state index is 13.0. The van der Waals surface area contributed by atoms with Gasteiger partial charge in [-0.15, -0.1) is 0 Å². The predicted molar refractivity (Wildman–Crippen MR) is 137 cm³/mol. The largest absolute Gasteiger partial charge is 0.487 e. The molecule has 0 saturated carbocycles. The van der Waals surface area contributed by atoms with E-state index in [4.69, 9.17) is 21.4 Å².